The molecule has 0 heterocycles. The van der Waals surface area contributed by atoms with Crippen molar-refractivity contribution in [1.82, 2.24) is 5.32 Å². The highest BCUT2D eigenvalue weighted by molar-refractivity contribution is 6.30. The average molecular weight is 268 g/mol. The molecule has 1 N–H and O–H groups in total. The largest absolute Gasteiger partial charge is 0.352 e. The summed E-state index contributed by atoms with van der Waals surface area (Å²) in [5.41, 5.74) is 0.671. The zero-order chi connectivity index (χ0) is 13.4. The van der Waals surface area contributed by atoms with Gasteiger partial charge in [0.2, 0.25) is 0 Å². The molecule has 2 nitrogen and oxygen atoms in total. The first-order chi connectivity index (χ1) is 8.67. The molecular formula is C15H22ClNO. The Labute approximate surface area is 115 Å². The molecule has 0 aromatic heterocycles. The van der Waals surface area contributed by atoms with E-state index >= 15 is 0 Å². The molecular weight excluding hydrogens is 246 g/mol. The van der Waals surface area contributed by atoms with E-state index in [1.165, 1.54) is 19.3 Å². The Bertz CT molecular complexity index is 361. The first-order valence-electron chi connectivity index (χ1n) is 6.71. The lowest BCUT2D eigenvalue weighted by molar-refractivity contribution is 0.0946. The lowest BCUT2D eigenvalue weighted by Gasteiger charge is -2.15. The van der Waals surface area contributed by atoms with Gasteiger partial charge in [0.25, 0.3) is 5.91 Å². The van der Waals surface area contributed by atoms with Gasteiger partial charge in [-0.05, 0) is 36.6 Å². The van der Waals surface area contributed by atoms with E-state index in [4.69, 9.17) is 11.6 Å². The van der Waals surface area contributed by atoms with Gasteiger partial charge in [0.15, 0.2) is 0 Å². The molecule has 0 unspecified atom stereocenters. The van der Waals surface area contributed by atoms with E-state index in [9.17, 15) is 4.79 Å². The molecule has 0 aliphatic heterocycles. The van der Waals surface area contributed by atoms with Crippen molar-refractivity contribution < 1.29 is 4.79 Å². The second-order valence-electron chi connectivity index (χ2n) is 4.63. The van der Waals surface area contributed by atoms with Crippen LogP contribution in [0, 0.1) is 5.92 Å². The predicted octanol–water partition coefficient (Wildman–Crippen LogP) is 4.29. The predicted molar refractivity (Wildman–Crippen MR) is 77.1 cm³/mol. The minimum atomic E-state index is -0.0124. The number of unbranched alkanes of at least 4 members (excludes halogenated alkanes) is 1. The van der Waals surface area contributed by atoms with Crippen LogP contribution in [-0.4, -0.2) is 12.5 Å². The third kappa shape index (κ3) is 5.09. The topological polar surface area (TPSA) is 29.1 Å². The summed E-state index contributed by atoms with van der Waals surface area (Å²) in [6.45, 7) is 5.13. The Morgan fingerprint density at radius 3 is 2.50 bits per heavy atom. The molecule has 0 aliphatic rings. The Morgan fingerprint density at radius 2 is 1.94 bits per heavy atom. The van der Waals surface area contributed by atoms with Crippen LogP contribution in [0.4, 0.5) is 0 Å². The van der Waals surface area contributed by atoms with Gasteiger partial charge < -0.3 is 5.32 Å². The molecule has 0 aliphatic carbocycles. The van der Waals surface area contributed by atoms with E-state index in [0.717, 1.165) is 13.0 Å². The molecule has 1 aromatic rings. The number of nitrogens with one attached hydrogen (secondary N) is 1. The van der Waals surface area contributed by atoms with Crippen molar-refractivity contribution >= 4 is 17.5 Å². The van der Waals surface area contributed by atoms with Crippen LogP contribution in [0.15, 0.2) is 24.3 Å². The number of benzene rings is 1. The summed E-state index contributed by atoms with van der Waals surface area (Å²) in [6.07, 6.45) is 4.74. The molecule has 0 radical (unpaired) electrons. The molecule has 1 rings (SSSR count). The normalized spacial score (nSPS) is 12.2. The van der Waals surface area contributed by atoms with Crippen LogP contribution in [0.1, 0.15) is 49.9 Å². The number of hydrogen-bond acceptors (Lipinski definition) is 1. The molecule has 1 atom stereocenters. The molecule has 100 valence electrons. The lowest BCUT2D eigenvalue weighted by Crippen LogP contribution is -2.29. The van der Waals surface area contributed by atoms with E-state index in [2.05, 4.69) is 19.2 Å². The third-order valence-electron chi connectivity index (χ3n) is 3.20. The quantitative estimate of drug-likeness (QED) is 0.785. The minimum Gasteiger partial charge on any atom is -0.352 e. The van der Waals surface area contributed by atoms with Crippen molar-refractivity contribution in [3.8, 4) is 0 Å². The molecule has 0 saturated carbocycles. The molecule has 3 heteroatoms. The molecule has 0 spiro atoms. The van der Waals surface area contributed by atoms with Gasteiger partial charge in [0.1, 0.15) is 0 Å². The van der Waals surface area contributed by atoms with Gasteiger partial charge in [-0.1, -0.05) is 44.7 Å². The lowest BCUT2D eigenvalue weighted by atomic mass is 9.99. The number of rotatable bonds is 7. The highest BCUT2D eigenvalue weighted by Crippen LogP contribution is 2.12. The summed E-state index contributed by atoms with van der Waals surface area (Å²) in [4.78, 5) is 11.9. The van der Waals surface area contributed by atoms with Crippen LogP contribution < -0.4 is 5.32 Å². The number of carbonyl (C=O) groups is 1. The molecule has 1 amide bonds. The van der Waals surface area contributed by atoms with Crippen LogP contribution in [0.2, 0.25) is 5.02 Å². The summed E-state index contributed by atoms with van der Waals surface area (Å²) in [5, 5.41) is 3.65. The molecule has 18 heavy (non-hydrogen) atoms. The first-order valence-corrected chi connectivity index (χ1v) is 7.08. The maximum absolute atomic E-state index is 11.9. The van der Waals surface area contributed by atoms with E-state index < -0.39 is 0 Å². The molecule has 0 fully saturated rings. The average Bonchev–Trinajstić information content (AvgIpc) is 2.39. The number of amides is 1. The Hall–Kier alpha value is -1.02. The minimum absolute atomic E-state index is 0.0124. The van der Waals surface area contributed by atoms with Crippen LogP contribution in [0.25, 0.3) is 0 Å². The first kappa shape index (κ1) is 15.0. The van der Waals surface area contributed by atoms with E-state index in [1.807, 2.05) is 0 Å². The van der Waals surface area contributed by atoms with Crippen molar-refractivity contribution in [2.24, 2.45) is 5.92 Å². The maximum atomic E-state index is 11.9. The van der Waals surface area contributed by atoms with Gasteiger partial charge in [-0.15, -0.1) is 0 Å². The number of hydrogen-bond donors (Lipinski definition) is 1. The van der Waals surface area contributed by atoms with Crippen LogP contribution in [0.3, 0.4) is 0 Å². The molecule has 1 aromatic carbocycles. The smallest absolute Gasteiger partial charge is 0.251 e. The number of halogens is 1. The van der Waals surface area contributed by atoms with E-state index in [-0.39, 0.29) is 5.91 Å². The van der Waals surface area contributed by atoms with Crippen LogP contribution >= 0.6 is 11.6 Å². The van der Waals surface area contributed by atoms with Gasteiger partial charge in [0.05, 0.1) is 0 Å². The monoisotopic (exact) mass is 267 g/mol. The summed E-state index contributed by atoms with van der Waals surface area (Å²) in [5.74, 6) is 0.572. The van der Waals surface area contributed by atoms with Gasteiger partial charge in [-0.2, -0.15) is 0 Å². The molecule has 0 saturated heterocycles. The third-order valence-corrected chi connectivity index (χ3v) is 3.45. The van der Waals surface area contributed by atoms with Crippen LogP contribution in [-0.2, 0) is 0 Å². The highest BCUT2D eigenvalue weighted by atomic mass is 35.5. The van der Waals surface area contributed by atoms with Gasteiger partial charge in [-0.25, -0.2) is 0 Å². The van der Waals surface area contributed by atoms with E-state index in [0.29, 0.717) is 16.5 Å². The second-order valence-corrected chi connectivity index (χ2v) is 5.07. The number of carbonyl (C=O) groups excluding carboxylic acids is 1. The fourth-order valence-corrected chi connectivity index (χ4v) is 2.01. The summed E-state index contributed by atoms with van der Waals surface area (Å²) in [6, 6.07) is 6.99. The van der Waals surface area contributed by atoms with Gasteiger partial charge in [-0.3, -0.25) is 4.79 Å². The fraction of sp³-hybridized carbons (Fsp3) is 0.533. The van der Waals surface area contributed by atoms with Crippen molar-refractivity contribution in [2.75, 3.05) is 6.54 Å². The standard InChI is InChI=1S/C15H22ClNO/c1-3-5-6-12(4-2)11-17-15(18)13-7-9-14(16)10-8-13/h7-10,12H,3-6,11H2,1-2H3,(H,17,18)/t12-/m1/s1. The van der Waals surface area contributed by atoms with Crippen molar-refractivity contribution in [3.63, 3.8) is 0 Å². The SMILES string of the molecule is CCCC[C@@H](CC)CNC(=O)c1ccc(Cl)cc1. The summed E-state index contributed by atoms with van der Waals surface area (Å²) in [7, 11) is 0. The molecule has 0 bridgehead atoms. The van der Waals surface area contributed by atoms with Crippen molar-refractivity contribution in [1.29, 1.82) is 0 Å². The second kappa shape index (κ2) is 8.15. The zero-order valence-electron chi connectivity index (χ0n) is 11.2. The fourth-order valence-electron chi connectivity index (χ4n) is 1.88. The van der Waals surface area contributed by atoms with Gasteiger partial charge >= 0.3 is 0 Å². The van der Waals surface area contributed by atoms with Gasteiger partial charge in [0, 0.05) is 17.1 Å². The summed E-state index contributed by atoms with van der Waals surface area (Å²) >= 11 is 5.79. The zero-order valence-corrected chi connectivity index (χ0v) is 12.0. The van der Waals surface area contributed by atoms with E-state index in [1.54, 1.807) is 24.3 Å². The Kier molecular flexibility index (Phi) is 6.81. The Balaban J connectivity index is 2.42. The summed E-state index contributed by atoms with van der Waals surface area (Å²) < 4.78 is 0. The van der Waals surface area contributed by atoms with Crippen molar-refractivity contribution in [3.05, 3.63) is 34.9 Å². The van der Waals surface area contributed by atoms with Crippen molar-refractivity contribution in [2.45, 2.75) is 39.5 Å². The Morgan fingerprint density at radius 1 is 1.28 bits per heavy atom. The van der Waals surface area contributed by atoms with Crippen LogP contribution in [0.5, 0.6) is 0 Å². The highest BCUT2D eigenvalue weighted by Gasteiger charge is 2.09. The maximum Gasteiger partial charge on any atom is 0.251 e.